The lowest BCUT2D eigenvalue weighted by atomic mass is 10.0. The maximum Gasteiger partial charge on any atom is 0.229 e. The van der Waals surface area contributed by atoms with E-state index in [0.717, 1.165) is 10.9 Å². The van der Waals surface area contributed by atoms with Crippen LogP contribution in [0, 0.1) is 5.92 Å². The van der Waals surface area contributed by atoms with Gasteiger partial charge in [0.2, 0.25) is 11.7 Å². The largest absolute Gasteiger partial charge is 0.392 e. The Kier molecular flexibility index (Phi) is 3.66. The number of hydrogen-bond donors (Lipinski definition) is 1. The molecular weight excluding hydrogens is 266 g/mol. The third-order valence-electron chi connectivity index (χ3n) is 3.45. The van der Waals surface area contributed by atoms with Gasteiger partial charge in [-0.25, -0.2) is 4.98 Å². The minimum absolute atomic E-state index is 0.152. The Labute approximate surface area is 122 Å². The van der Waals surface area contributed by atoms with Gasteiger partial charge in [-0.1, -0.05) is 43.3 Å². The molecule has 1 aromatic carbocycles. The number of para-hydroxylation sites is 1. The molecule has 3 aromatic rings. The zero-order valence-electron chi connectivity index (χ0n) is 12.0. The van der Waals surface area contributed by atoms with E-state index in [-0.39, 0.29) is 5.92 Å². The standard InChI is InChI=1S/C16H17N3O2/c1-10(2)14(20)9-15-18-16(19-21-15)13-8-7-11-5-3-4-6-12(11)17-13/h3-8,10,14,20H,9H2,1-2H3. The predicted molar refractivity (Wildman–Crippen MR) is 79.6 cm³/mol. The van der Waals surface area contributed by atoms with Gasteiger partial charge in [0, 0.05) is 5.39 Å². The lowest BCUT2D eigenvalue weighted by Gasteiger charge is -2.10. The molecule has 1 unspecified atom stereocenters. The molecule has 0 fully saturated rings. The highest BCUT2D eigenvalue weighted by atomic mass is 16.5. The molecule has 0 amide bonds. The highest BCUT2D eigenvalue weighted by Crippen LogP contribution is 2.19. The van der Waals surface area contributed by atoms with Crippen LogP contribution in [0.4, 0.5) is 0 Å². The summed E-state index contributed by atoms with van der Waals surface area (Å²) in [7, 11) is 0. The first kappa shape index (κ1) is 13.7. The quantitative estimate of drug-likeness (QED) is 0.797. The van der Waals surface area contributed by atoms with E-state index < -0.39 is 6.10 Å². The maximum absolute atomic E-state index is 9.86. The first-order valence-electron chi connectivity index (χ1n) is 7.00. The zero-order valence-corrected chi connectivity index (χ0v) is 12.0. The summed E-state index contributed by atoms with van der Waals surface area (Å²) in [5.41, 5.74) is 1.56. The van der Waals surface area contributed by atoms with Crippen molar-refractivity contribution in [1.29, 1.82) is 0 Å². The van der Waals surface area contributed by atoms with Crippen LogP contribution < -0.4 is 0 Å². The van der Waals surface area contributed by atoms with Crippen molar-refractivity contribution in [2.45, 2.75) is 26.4 Å². The predicted octanol–water partition coefficient (Wildman–Crippen LogP) is 2.84. The van der Waals surface area contributed by atoms with E-state index in [0.29, 0.717) is 23.8 Å². The minimum Gasteiger partial charge on any atom is -0.392 e. The van der Waals surface area contributed by atoms with Crippen LogP contribution in [-0.2, 0) is 6.42 Å². The van der Waals surface area contributed by atoms with Gasteiger partial charge in [0.1, 0.15) is 5.69 Å². The molecule has 3 rings (SSSR count). The maximum atomic E-state index is 9.86. The van der Waals surface area contributed by atoms with E-state index in [1.165, 1.54) is 0 Å². The fourth-order valence-electron chi connectivity index (χ4n) is 2.05. The average molecular weight is 283 g/mol. The second kappa shape index (κ2) is 5.61. The molecule has 1 N–H and O–H groups in total. The summed E-state index contributed by atoms with van der Waals surface area (Å²) in [4.78, 5) is 8.83. The molecule has 0 spiro atoms. The van der Waals surface area contributed by atoms with Gasteiger partial charge in [-0.3, -0.25) is 0 Å². The van der Waals surface area contributed by atoms with Crippen LogP contribution in [0.15, 0.2) is 40.9 Å². The van der Waals surface area contributed by atoms with E-state index in [1.54, 1.807) is 0 Å². The Morgan fingerprint density at radius 3 is 2.71 bits per heavy atom. The van der Waals surface area contributed by atoms with Crippen molar-refractivity contribution in [2.75, 3.05) is 0 Å². The second-order valence-electron chi connectivity index (χ2n) is 5.42. The van der Waals surface area contributed by atoms with Crippen molar-refractivity contribution in [3.8, 4) is 11.5 Å². The summed E-state index contributed by atoms with van der Waals surface area (Å²) in [5.74, 6) is 1.03. The molecule has 108 valence electrons. The van der Waals surface area contributed by atoms with Gasteiger partial charge in [-0.05, 0) is 18.1 Å². The molecule has 0 aliphatic heterocycles. The molecule has 5 heteroatoms. The van der Waals surface area contributed by atoms with Gasteiger partial charge >= 0.3 is 0 Å². The summed E-state index contributed by atoms with van der Waals surface area (Å²) >= 11 is 0. The number of aliphatic hydroxyl groups excluding tert-OH is 1. The summed E-state index contributed by atoms with van der Waals surface area (Å²) in [6.07, 6.45) is -0.124. The van der Waals surface area contributed by atoms with Crippen LogP contribution >= 0.6 is 0 Å². The summed E-state index contributed by atoms with van der Waals surface area (Å²) in [6.45, 7) is 3.90. The number of pyridine rings is 1. The van der Waals surface area contributed by atoms with Crippen LogP contribution in [0.2, 0.25) is 0 Å². The van der Waals surface area contributed by atoms with E-state index in [4.69, 9.17) is 4.52 Å². The third kappa shape index (κ3) is 2.92. The number of fused-ring (bicyclic) bond motifs is 1. The second-order valence-corrected chi connectivity index (χ2v) is 5.42. The Balaban J connectivity index is 1.87. The van der Waals surface area contributed by atoms with E-state index >= 15 is 0 Å². The Morgan fingerprint density at radius 1 is 1.10 bits per heavy atom. The number of aromatic nitrogens is 3. The average Bonchev–Trinajstić information content (AvgIpc) is 2.95. The first-order chi connectivity index (χ1) is 10.1. The summed E-state index contributed by atoms with van der Waals surface area (Å²) in [5, 5.41) is 14.9. The van der Waals surface area contributed by atoms with E-state index in [9.17, 15) is 5.11 Å². The first-order valence-corrected chi connectivity index (χ1v) is 7.00. The SMILES string of the molecule is CC(C)C(O)Cc1nc(-c2ccc3ccccc3n2)no1. The molecule has 0 aliphatic rings. The molecule has 21 heavy (non-hydrogen) atoms. The van der Waals surface area contributed by atoms with Crippen LogP contribution in [-0.4, -0.2) is 26.3 Å². The minimum atomic E-state index is -0.483. The zero-order chi connectivity index (χ0) is 14.8. The lowest BCUT2D eigenvalue weighted by Crippen LogP contribution is -2.17. The van der Waals surface area contributed by atoms with Gasteiger partial charge < -0.3 is 9.63 Å². The molecule has 2 heterocycles. The van der Waals surface area contributed by atoms with Crippen molar-refractivity contribution in [3.05, 3.63) is 42.3 Å². The fraction of sp³-hybridized carbons (Fsp3) is 0.312. The van der Waals surface area contributed by atoms with Gasteiger partial charge in [0.05, 0.1) is 18.0 Å². The van der Waals surface area contributed by atoms with Gasteiger partial charge in [-0.15, -0.1) is 0 Å². The summed E-state index contributed by atoms with van der Waals surface area (Å²) in [6, 6.07) is 11.7. The Morgan fingerprint density at radius 2 is 1.90 bits per heavy atom. The molecule has 0 saturated heterocycles. The van der Waals surface area contributed by atoms with Crippen LogP contribution in [0.25, 0.3) is 22.4 Å². The van der Waals surface area contributed by atoms with Crippen LogP contribution in [0.5, 0.6) is 0 Å². The lowest BCUT2D eigenvalue weighted by molar-refractivity contribution is 0.116. The van der Waals surface area contributed by atoms with Crippen LogP contribution in [0.3, 0.4) is 0 Å². The monoisotopic (exact) mass is 283 g/mol. The van der Waals surface area contributed by atoms with E-state index in [2.05, 4.69) is 15.1 Å². The molecule has 0 radical (unpaired) electrons. The van der Waals surface area contributed by atoms with Crippen molar-refractivity contribution in [1.82, 2.24) is 15.1 Å². The highest BCUT2D eigenvalue weighted by molar-refractivity contribution is 5.80. The van der Waals surface area contributed by atoms with Crippen molar-refractivity contribution in [2.24, 2.45) is 5.92 Å². The Hall–Kier alpha value is -2.27. The number of rotatable bonds is 4. The Bertz CT molecular complexity index is 752. The summed E-state index contributed by atoms with van der Waals surface area (Å²) < 4.78 is 5.19. The molecule has 0 saturated carbocycles. The normalized spacial score (nSPS) is 13.0. The number of nitrogens with zero attached hydrogens (tertiary/aromatic N) is 3. The number of hydrogen-bond acceptors (Lipinski definition) is 5. The highest BCUT2D eigenvalue weighted by Gasteiger charge is 2.16. The molecule has 1 atom stereocenters. The van der Waals surface area contributed by atoms with Gasteiger partial charge in [-0.2, -0.15) is 4.98 Å². The third-order valence-corrected chi connectivity index (χ3v) is 3.45. The van der Waals surface area contributed by atoms with Crippen molar-refractivity contribution in [3.63, 3.8) is 0 Å². The number of aliphatic hydroxyl groups is 1. The molecular formula is C16H17N3O2. The van der Waals surface area contributed by atoms with Crippen LogP contribution in [0.1, 0.15) is 19.7 Å². The van der Waals surface area contributed by atoms with Gasteiger partial charge in [0.25, 0.3) is 0 Å². The smallest absolute Gasteiger partial charge is 0.229 e. The molecule has 5 nitrogen and oxygen atoms in total. The molecule has 2 aromatic heterocycles. The van der Waals surface area contributed by atoms with Crippen molar-refractivity contribution < 1.29 is 9.63 Å². The molecule has 0 bridgehead atoms. The molecule has 0 aliphatic carbocycles. The van der Waals surface area contributed by atoms with Gasteiger partial charge in [0.15, 0.2) is 0 Å². The van der Waals surface area contributed by atoms with E-state index in [1.807, 2.05) is 50.2 Å². The van der Waals surface area contributed by atoms with Crippen molar-refractivity contribution >= 4 is 10.9 Å². The topological polar surface area (TPSA) is 72.0 Å². The fourth-order valence-corrected chi connectivity index (χ4v) is 2.05. The number of benzene rings is 1.